The molecular weight excluding hydrogens is 441 g/mol. The molecule has 0 saturated heterocycles. The summed E-state index contributed by atoms with van der Waals surface area (Å²) in [5, 5.41) is 14.0. The zero-order chi connectivity index (χ0) is 23.6. The summed E-state index contributed by atoms with van der Waals surface area (Å²) in [6.45, 7) is 0.619. The van der Waals surface area contributed by atoms with Crippen molar-refractivity contribution in [3.8, 4) is 22.6 Å². The molecule has 0 fully saturated rings. The smallest absolute Gasteiger partial charge is 0.490 e. The summed E-state index contributed by atoms with van der Waals surface area (Å²) in [6.07, 6.45) is -0.504. The Morgan fingerprint density at radius 3 is 2.67 bits per heavy atom. The first-order chi connectivity index (χ1) is 15.7. The fraction of sp³-hybridized carbons (Fsp3) is 0.227. The number of alkyl halides is 3. The number of halogens is 3. The van der Waals surface area contributed by atoms with Gasteiger partial charge in [0.25, 0.3) is 0 Å². The van der Waals surface area contributed by atoms with Gasteiger partial charge < -0.3 is 19.6 Å². The van der Waals surface area contributed by atoms with Crippen molar-refractivity contribution in [1.29, 1.82) is 0 Å². The summed E-state index contributed by atoms with van der Waals surface area (Å²) in [6, 6.07) is 12.2. The maximum absolute atomic E-state index is 10.6. The molecule has 1 aliphatic heterocycles. The van der Waals surface area contributed by atoms with Crippen LogP contribution >= 0.6 is 0 Å². The minimum absolute atomic E-state index is 0.194. The van der Waals surface area contributed by atoms with Crippen molar-refractivity contribution in [2.24, 2.45) is 0 Å². The molecule has 1 aliphatic rings. The molecule has 33 heavy (non-hydrogen) atoms. The first kappa shape index (κ1) is 22.2. The lowest BCUT2D eigenvalue weighted by molar-refractivity contribution is -0.192. The van der Waals surface area contributed by atoms with Crippen LogP contribution in [-0.2, 0) is 11.2 Å². The van der Waals surface area contributed by atoms with Crippen molar-refractivity contribution >= 4 is 17.0 Å². The van der Waals surface area contributed by atoms with E-state index in [1.165, 1.54) is 0 Å². The molecule has 3 heterocycles. The number of hydrogen-bond donors (Lipinski definition) is 3. The van der Waals surface area contributed by atoms with Crippen molar-refractivity contribution < 1.29 is 32.5 Å². The molecule has 8 nitrogen and oxygen atoms in total. The lowest BCUT2D eigenvalue weighted by atomic mass is 9.96. The lowest BCUT2D eigenvalue weighted by Crippen LogP contribution is -2.21. The molecule has 3 N–H and O–H groups in total. The first-order valence-corrected chi connectivity index (χ1v) is 9.83. The van der Waals surface area contributed by atoms with E-state index in [0.29, 0.717) is 6.61 Å². The summed E-state index contributed by atoms with van der Waals surface area (Å²) >= 11 is 0. The van der Waals surface area contributed by atoms with Crippen LogP contribution in [0.1, 0.15) is 17.3 Å². The predicted octanol–water partition coefficient (Wildman–Crippen LogP) is 4.31. The van der Waals surface area contributed by atoms with Gasteiger partial charge in [0.1, 0.15) is 17.3 Å². The molecule has 172 valence electrons. The molecule has 2 aromatic heterocycles. The van der Waals surface area contributed by atoms with Gasteiger partial charge in [0, 0.05) is 11.8 Å². The highest BCUT2D eigenvalue weighted by Crippen LogP contribution is 2.34. The monoisotopic (exact) mass is 460 g/mol. The topological polar surface area (TPSA) is 113 Å². The van der Waals surface area contributed by atoms with E-state index >= 15 is 0 Å². The van der Waals surface area contributed by atoms with E-state index in [2.05, 4.69) is 27.3 Å². The Morgan fingerprint density at radius 1 is 1.21 bits per heavy atom. The standard InChI is InChI=1S/C20H18N4O2.C2HF3O2/c1-25-16-3-5-19-13(7-16)6-14(11-26-19)20-23-17-4-2-12(8-18(17)24-20)15-9-21-22-10-15;3-2(4,5)1(6)7/h2-5,7-10,14H,6,11H2,1H3,(H,21,22)(H,23,24);(H,6,7). The van der Waals surface area contributed by atoms with Crippen LogP contribution < -0.4 is 9.47 Å². The number of aliphatic carboxylic acids is 1. The van der Waals surface area contributed by atoms with E-state index in [9.17, 15) is 13.2 Å². The molecular formula is C22H19F3N4O4. The van der Waals surface area contributed by atoms with Gasteiger partial charge in [0.05, 0.1) is 36.9 Å². The second kappa shape index (κ2) is 8.85. The number of hydrogen-bond acceptors (Lipinski definition) is 5. The zero-order valence-corrected chi connectivity index (χ0v) is 17.3. The van der Waals surface area contributed by atoms with Gasteiger partial charge in [-0.25, -0.2) is 9.78 Å². The number of imidazole rings is 1. The second-order valence-electron chi connectivity index (χ2n) is 7.33. The molecule has 11 heteroatoms. The van der Waals surface area contributed by atoms with Crippen molar-refractivity contribution in [3.63, 3.8) is 0 Å². The number of ether oxygens (including phenoxy) is 2. The highest BCUT2D eigenvalue weighted by molar-refractivity contribution is 5.81. The maximum atomic E-state index is 10.6. The van der Waals surface area contributed by atoms with Crippen LogP contribution in [0.25, 0.3) is 22.2 Å². The van der Waals surface area contributed by atoms with E-state index in [4.69, 9.17) is 24.4 Å². The average molecular weight is 460 g/mol. The third-order valence-corrected chi connectivity index (χ3v) is 5.13. The number of carbonyl (C=O) groups is 1. The molecule has 5 rings (SSSR count). The summed E-state index contributed by atoms with van der Waals surface area (Å²) < 4.78 is 43.0. The van der Waals surface area contributed by atoms with Crippen LogP contribution in [0.5, 0.6) is 11.5 Å². The molecule has 0 radical (unpaired) electrons. The van der Waals surface area contributed by atoms with E-state index in [0.717, 1.165) is 51.5 Å². The molecule has 4 aromatic rings. The van der Waals surface area contributed by atoms with Gasteiger partial charge in [0.2, 0.25) is 0 Å². The van der Waals surface area contributed by atoms with Gasteiger partial charge in [0.15, 0.2) is 0 Å². The third-order valence-electron chi connectivity index (χ3n) is 5.13. The number of benzene rings is 2. The molecule has 1 unspecified atom stereocenters. The Balaban J connectivity index is 0.000000325. The van der Waals surface area contributed by atoms with Crippen LogP contribution in [0.4, 0.5) is 13.2 Å². The number of carboxylic acids is 1. The van der Waals surface area contributed by atoms with Gasteiger partial charge in [-0.15, -0.1) is 0 Å². The SMILES string of the molecule is COc1ccc2c(c1)CC(c1nc3ccc(-c4cn[nH]c4)cc3[nH]1)CO2.O=C(O)C(F)(F)F. The van der Waals surface area contributed by atoms with Gasteiger partial charge in [-0.05, 0) is 47.9 Å². The van der Waals surface area contributed by atoms with E-state index < -0.39 is 12.1 Å². The van der Waals surface area contributed by atoms with Gasteiger partial charge in [-0.2, -0.15) is 18.3 Å². The van der Waals surface area contributed by atoms with Crippen LogP contribution in [-0.4, -0.2) is 51.1 Å². The van der Waals surface area contributed by atoms with Crippen LogP contribution in [0.2, 0.25) is 0 Å². The Hall–Kier alpha value is -4.02. The fourth-order valence-corrected chi connectivity index (χ4v) is 3.48. The Bertz CT molecular complexity index is 1270. The molecule has 1 atom stereocenters. The van der Waals surface area contributed by atoms with E-state index in [-0.39, 0.29) is 5.92 Å². The molecule has 2 aromatic carbocycles. The molecule has 0 spiro atoms. The highest BCUT2D eigenvalue weighted by Gasteiger charge is 2.38. The van der Waals surface area contributed by atoms with Crippen LogP contribution in [0, 0.1) is 0 Å². The molecule has 0 aliphatic carbocycles. The number of H-pyrrole nitrogens is 2. The van der Waals surface area contributed by atoms with Crippen molar-refractivity contribution in [2.75, 3.05) is 13.7 Å². The number of nitrogens with zero attached hydrogens (tertiary/aromatic N) is 2. The Morgan fingerprint density at radius 2 is 2.00 bits per heavy atom. The second-order valence-corrected chi connectivity index (χ2v) is 7.33. The van der Waals surface area contributed by atoms with Gasteiger partial charge in [-0.1, -0.05) is 6.07 Å². The summed E-state index contributed by atoms with van der Waals surface area (Å²) in [5.41, 5.74) is 5.31. The minimum atomic E-state index is -5.08. The zero-order valence-electron chi connectivity index (χ0n) is 17.3. The van der Waals surface area contributed by atoms with Crippen LogP contribution in [0.15, 0.2) is 48.8 Å². The molecule has 0 saturated carbocycles. The Labute approximate surface area is 185 Å². The van der Waals surface area contributed by atoms with Crippen molar-refractivity contribution in [2.45, 2.75) is 18.5 Å². The quantitative estimate of drug-likeness (QED) is 0.420. The van der Waals surface area contributed by atoms with Crippen LogP contribution in [0.3, 0.4) is 0 Å². The van der Waals surface area contributed by atoms with E-state index in [1.807, 2.05) is 36.7 Å². The largest absolute Gasteiger partial charge is 0.497 e. The maximum Gasteiger partial charge on any atom is 0.490 e. The number of methoxy groups -OCH3 is 1. The third kappa shape index (κ3) is 4.92. The van der Waals surface area contributed by atoms with Crippen molar-refractivity contribution in [3.05, 3.63) is 60.2 Å². The normalized spacial score (nSPS) is 15.2. The lowest BCUT2D eigenvalue weighted by Gasteiger charge is -2.24. The molecule has 0 bridgehead atoms. The number of nitrogens with one attached hydrogen (secondary N) is 2. The number of carboxylic acid groups (broad SMARTS) is 1. The minimum Gasteiger partial charge on any atom is -0.497 e. The summed E-state index contributed by atoms with van der Waals surface area (Å²) in [5.74, 6) is 0.174. The first-order valence-electron chi connectivity index (χ1n) is 9.83. The van der Waals surface area contributed by atoms with Gasteiger partial charge in [-0.3, -0.25) is 5.10 Å². The molecule has 0 amide bonds. The summed E-state index contributed by atoms with van der Waals surface area (Å²) in [7, 11) is 1.68. The predicted molar refractivity (Wildman–Crippen MR) is 112 cm³/mol. The number of aromatic amines is 2. The van der Waals surface area contributed by atoms with E-state index in [1.54, 1.807) is 7.11 Å². The average Bonchev–Trinajstić information content (AvgIpc) is 3.47. The highest BCUT2D eigenvalue weighted by atomic mass is 19.4. The van der Waals surface area contributed by atoms with Crippen molar-refractivity contribution in [1.82, 2.24) is 20.2 Å². The Kier molecular flexibility index (Phi) is 5.95. The van der Waals surface area contributed by atoms with Gasteiger partial charge >= 0.3 is 12.1 Å². The number of aromatic nitrogens is 4. The summed E-state index contributed by atoms with van der Waals surface area (Å²) in [4.78, 5) is 17.2. The fourth-order valence-electron chi connectivity index (χ4n) is 3.48. The number of fused-ring (bicyclic) bond motifs is 2. The number of rotatable bonds is 3.